The van der Waals surface area contributed by atoms with E-state index in [9.17, 15) is 4.79 Å². The molecule has 0 bridgehead atoms. The molecule has 1 heterocycles. The summed E-state index contributed by atoms with van der Waals surface area (Å²) in [7, 11) is 1.39. The normalized spacial score (nSPS) is 14.8. The second-order valence-corrected chi connectivity index (χ2v) is 6.39. The van der Waals surface area contributed by atoms with Crippen LogP contribution in [0, 0.1) is 0 Å². The van der Waals surface area contributed by atoms with Crippen LogP contribution in [0.4, 0.5) is 0 Å². The topological polar surface area (TPSA) is 50.8 Å². The predicted molar refractivity (Wildman–Crippen MR) is 103 cm³/mol. The van der Waals surface area contributed by atoms with Crippen molar-refractivity contribution in [3.05, 3.63) is 54.1 Å². The van der Waals surface area contributed by atoms with E-state index in [0.29, 0.717) is 5.56 Å². The van der Waals surface area contributed by atoms with Crippen molar-refractivity contribution >= 4 is 5.97 Å². The highest BCUT2D eigenvalue weighted by molar-refractivity contribution is 5.89. The van der Waals surface area contributed by atoms with Gasteiger partial charge >= 0.3 is 5.97 Å². The van der Waals surface area contributed by atoms with E-state index in [4.69, 9.17) is 9.47 Å². The monoisotopic (exact) mass is 354 g/mol. The number of methoxy groups -OCH3 is 1. The van der Waals surface area contributed by atoms with Crippen LogP contribution in [0.1, 0.15) is 16.8 Å². The van der Waals surface area contributed by atoms with Crippen molar-refractivity contribution in [3.8, 4) is 16.9 Å². The Morgan fingerprint density at radius 2 is 1.62 bits per heavy atom. The van der Waals surface area contributed by atoms with Gasteiger partial charge in [0.15, 0.2) is 0 Å². The zero-order valence-electron chi connectivity index (χ0n) is 15.2. The van der Waals surface area contributed by atoms with Crippen LogP contribution in [0.5, 0.6) is 5.75 Å². The molecular weight excluding hydrogens is 328 g/mol. The van der Waals surface area contributed by atoms with Crippen LogP contribution in [0.15, 0.2) is 48.5 Å². The van der Waals surface area contributed by atoms with Crippen LogP contribution in [0.2, 0.25) is 0 Å². The maximum Gasteiger partial charge on any atom is 0.337 e. The van der Waals surface area contributed by atoms with Crippen molar-refractivity contribution in [3.63, 3.8) is 0 Å². The van der Waals surface area contributed by atoms with Crippen LogP contribution in [-0.4, -0.2) is 57.3 Å². The molecule has 1 aliphatic rings. The standard InChI is InChI=1S/C21H26N2O3/c1-25-21(24)19-5-3-17(4-6-19)18-7-9-20(10-8-18)26-16-2-13-23-14-11-22-12-15-23/h3-10,22H,2,11-16H2,1H3. The van der Waals surface area contributed by atoms with Gasteiger partial charge in [0, 0.05) is 32.7 Å². The van der Waals surface area contributed by atoms with Crippen LogP contribution in [0.3, 0.4) is 0 Å². The van der Waals surface area contributed by atoms with Gasteiger partial charge in [-0.1, -0.05) is 24.3 Å². The van der Waals surface area contributed by atoms with Crippen molar-refractivity contribution in [2.24, 2.45) is 0 Å². The minimum Gasteiger partial charge on any atom is -0.494 e. The maximum atomic E-state index is 11.5. The Morgan fingerprint density at radius 1 is 1.00 bits per heavy atom. The molecule has 0 atom stereocenters. The highest BCUT2D eigenvalue weighted by Gasteiger charge is 2.08. The third-order valence-electron chi connectivity index (χ3n) is 4.59. The largest absolute Gasteiger partial charge is 0.494 e. The fraction of sp³-hybridized carbons (Fsp3) is 0.381. The van der Waals surface area contributed by atoms with Crippen molar-refractivity contribution in [1.82, 2.24) is 10.2 Å². The lowest BCUT2D eigenvalue weighted by atomic mass is 10.0. The summed E-state index contributed by atoms with van der Waals surface area (Å²) < 4.78 is 10.6. The van der Waals surface area contributed by atoms with E-state index in [-0.39, 0.29) is 5.97 Å². The number of piperazine rings is 1. The summed E-state index contributed by atoms with van der Waals surface area (Å²) in [5.41, 5.74) is 2.71. The number of hydrogen-bond acceptors (Lipinski definition) is 5. The lowest BCUT2D eigenvalue weighted by Gasteiger charge is -2.26. The summed E-state index contributed by atoms with van der Waals surface area (Å²) in [5.74, 6) is 0.571. The van der Waals surface area contributed by atoms with Crippen LogP contribution >= 0.6 is 0 Å². The van der Waals surface area contributed by atoms with Gasteiger partial charge in [0.25, 0.3) is 0 Å². The number of esters is 1. The van der Waals surface area contributed by atoms with Gasteiger partial charge < -0.3 is 19.7 Å². The molecular formula is C21H26N2O3. The van der Waals surface area contributed by atoms with Gasteiger partial charge in [-0.25, -0.2) is 4.79 Å². The molecule has 0 spiro atoms. The van der Waals surface area contributed by atoms with E-state index < -0.39 is 0 Å². The molecule has 0 aliphatic carbocycles. The number of ether oxygens (including phenoxy) is 2. The fourth-order valence-electron chi connectivity index (χ4n) is 3.07. The smallest absolute Gasteiger partial charge is 0.337 e. The zero-order chi connectivity index (χ0) is 18.2. The van der Waals surface area contributed by atoms with E-state index in [1.165, 1.54) is 7.11 Å². The van der Waals surface area contributed by atoms with Crippen molar-refractivity contribution < 1.29 is 14.3 Å². The van der Waals surface area contributed by atoms with Gasteiger partial charge in [-0.05, 0) is 41.8 Å². The van der Waals surface area contributed by atoms with Gasteiger partial charge in [-0.2, -0.15) is 0 Å². The highest BCUT2D eigenvalue weighted by Crippen LogP contribution is 2.23. The van der Waals surface area contributed by atoms with E-state index in [1.54, 1.807) is 12.1 Å². The SMILES string of the molecule is COC(=O)c1ccc(-c2ccc(OCCCN3CCNCC3)cc2)cc1. The molecule has 5 nitrogen and oxygen atoms in total. The molecule has 1 N–H and O–H groups in total. The lowest BCUT2D eigenvalue weighted by molar-refractivity contribution is 0.0601. The molecule has 0 amide bonds. The van der Waals surface area contributed by atoms with Crippen LogP contribution in [0.25, 0.3) is 11.1 Å². The third kappa shape index (κ3) is 5.07. The number of carbonyl (C=O) groups is 1. The number of rotatable bonds is 7. The van der Waals surface area contributed by atoms with Gasteiger partial charge in [-0.15, -0.1) is 0 Å². The van der Waals surface area contributed by atoms with Gasteiger partial charge in [-0.3, -0.25) is 0 Å². The van der Waals surface area contributed by atoms with Crippen LogP contribution in [-0.2, 0) is 4.74 Å². The molecule has 1 fully saturated rings. The zero-order valence-corrected chi connectivity index (χ0v) is 15.2. The highest BCUT2D eigenvalue weighted by atomic mass is 16.5. The summed E-state index contributed by atoms with van der Waals surface area (Å²) in [6, 6.07) is 15.5. The predicted octanol–water partition coefficient (Wildman–Crippen LogP) is 2.81. The first-order valence-electron chi connectivity index (χ1n) is 9.11. The van der Waals surface area contributed by atoms with Crippen molar-refractivity contribution in [2.45, 2.75) is 6.42 Å². The Kier molecular flexibility index (Phi) is 6.63. The first kappa shape index (κ1) is 18.4. The van der Waals surface area contributed by atoms with E-state index >= 15 is 0 Å². The minimum atomic E-state index is -0.318. The molecule has 26 heavy (non-hydrogen) atoms. The molecule has 1 saturated heterocycles. The third-order valence-corrected chi connectivity index (χ3v) is 4.59. The Morgan fingerprint density at radius 3 is 2.23 bits per heavy atom. The average molecular weight is 354 g/mol. The van der Waals surface area contributed by atoms with Crippen molar-refractivity contribution in [2.75, 3.05) is 46.4 Å². The Bertz CT molecular complexity index is 692. The van der Waals surface area contributed by atoms with E-state index in [0.717, 1.165) is 62.6 Å². The van der Waals surface area contributed by atoms with Gasteiger partial charge in [0.05, 0.1) is 19.3 Å². The number of hydrogen-bond donors (Lipinski definition) is 1. The molecule has 5 heteroatoms. The van der Waals surface area contributed by atoms with E-state index in [2.05, 4.69) is 10.2 Å². The number of nitrogens with zero attached hydrogens (tertiary/aromatic N) is 1. The molecule has 0 aromatic heterocycles. The molecule has 138 valence electrons. The van der Waals surface area contributed by atoms with Gasteiger partial charge in [0.2, 0.25) is 0 Å². The summed E-state index contributed by atoms with van der Waals surface area (Å²) in [5, 5.41) is 3.37. The summed E-state index contributed by atoms with van der Waals surface area (Å²) in [6.07, 6.45) is 1.04. The molecule has 0 saturated carbocycles. The fourth-order valence-corrected chi connectivity index (χ4v) is 3.07. The average Bonchev–Trinajstić information content (AvgIpc) is 2.72. The number of carbonyl (C=O) groups excluding carboxylic acids is 1. The molecule has 0 unspecified atom stereocenters. The quantitative estimate of drug-likeness (QED) is 0.612. The van der Waals surface area contributed by atoms with Crippen molar-refractivity contribution in [1.29, 1.82) is 0 Å². The molecule has 2 aromatic rings. The summed E-state index contributed by atoms with van der Waals surface area (Å²) in [4.78, 5) is 14.0. The summed E-state index contributed by atoms with van der Waals surface area (Å²) in [6.45, 7) is 6.25. The number of nitrogens with one attached hydrogen (secondary N) is 1. The van der Waals surface area contributed by atoms with Gasteiger partial charge in [0.1, 0.15) is 5.75 Å². The molecule has 2 aromatic carbocycles. The Labute approximate surface area is 154 Å². The second kappa shape index (κ2) is 9.36. The van der Waals surface area contributed by atoms with E-state index in [1.807, 2.05) is 36.4 Å². The number of benzene rings is 2. The molecule has 3 rings (SSSR count). The first-order chi connectivity index (χ1) is 12.8. The Hall–Kier alpha value is -2.37. The lowest BCUT2D eigenvalue weighted by Crippen LogP contribution is -2.43. The minimum absolute atomic E-state index is 0.318. The molecule has 0 radical (unpaired) electrons. The summed E-state index contributed by atoms with van der Waals surface area (Å²) >= 11 is 0. The maximum absolute atomic E-state index is 11.5. The second-order valence-electron chi connectivity index (χ2n) is 6.39. The van der Waals surface area contributed by atoms with Crippen LogP contribution < -0.4 is 10.1 Å². The Balaban J connectivity index is 1.47. The first-order valence-corrected chi connectivity index (χ1v) is 9.11. The molecule has 1 aliphatic heterocycles.